The monoisotopic (exact) mass is 396 g/mol. The number of hydrogen-bond acceptors (Lipinski definition) is 4. The minimum atomic E-state index is -1.15. The maximum absolute atomic E-state index is 13.0. The number of nitrogens with zero attached hydrogens (tertiary/aromatic N) is 1. The summed E-state index contributed by atoms with van der Waals surface area (Å²) in [7, 11) is 0. The van der Waals surface area contributed by atoms with Gasteiger partial charge in [-0.3, -0.25) is 9.69 Å². The lowest BCUT2D eigenvalue weighted by Gasteiger charge is -2.23. The molecule has 2 atom stereocenters. The molecule has 6 heteroatoms. The molecule has 154 valence electrons. The highest BCUT2D eigenvalue weighted by Crippen LogP contribution is 2.30. The van der Waals surface area contributed by atoms with Crippen LogP contribution in [0.5, 0.6) is 5.75 Å². The van der Waals surface area contributed by atoms with Gasteiger partial charge in [0.2, 0.25) is 0 Å². The number of benzene rings is 2. The van der Waals surface area contributed by atoms with E-state index in [0.717, 1.165) is 16.0 Å². The first-order chi connectivity index (χ1) is 13.7. The Bertz CT molecular complexity index is 877. The fourth-order valence-corrected chi connectivity index (χ4v) is 3.35. The first-order valence-corrected chi connectivity index (χ1v) is 9.83. The number of ether oxygens (including phenoxy) is 1. The molecule has 1 aliphatic rings. The molecule has 2 N–H and O–H groups in total. The Kier molecular flexibility index (Phi) is 5.94. The summed E-state index contributed by atoms with van der Waals surface area (Å²) in [6.07, 6.45) is -0.989. The van der Waals surface area contributed by atoms with Crippen LogP contribution in [-0.2, 0) is 10.3 Å². The first kappa shape index (κ1) is 20.9. The van der Waals surface area contributed by atoms with Crippen LogP contribution in [0.4, 0.5) is 4.79 Å². The van der Waals surface area contributed by atoms with Gasteiger partial charge in [0.1, 0.15) is 24.0 Å². The molecule has 0 saturated carbocycles. The lowest BCUT2D eigenvalue weighted by atomic mass is 9.90. The molecular formula is C23H28N2O4. The predicted molar refractivity (Wildman–Crippen MR) is 111 cm³/mol. The fraction of sp³-hybridized carbons (Fsp3) is 0.391. The van der Waals surface area contributed by atoms with E-state index in [0.29, 0.717) is 17.2 Å². The second-order valence-electron chi connectivity index (χ2n) is 8.03. The average Bonchev–Trinajstić information content (AvgIpc) is 2.91. The molecular weight excluding hydrogens is 368 g/mol. The molecule has 1 aliphatic heterocycles. The van der Waals surface area contributed by atoms with E-state index in [1.807, 2.05) is 55.5 Å². The van der Waals surface area contributed by atoms with Crippen molar-refractivity contribution in [2.45, 2.75) is 45.3 Å². The number of urea groups is 1. The number of hydrogen-bond donors (Lipinski definition) is 2. The highest BCUT2D eigenvalue weighted by atomic mass is 16.5. The maximum atomic E-state index is 13.0. The second kappa shape index (κ2) is 8.25. The van der Waals surface area contributed by atoms with Crippen LogP contribution in [-0.4, -0.2) is 41.2 Å². The minimum Gasteiger partial charge on any atom is -0.491 e. The van der Waals surface area contributed by atoms with Crippen LogP contribution in [0, 0.1) is 6.92 Å². The number of aliphatic hydroxyl groups is 1. The molecule has 2 aromatic carbocycles. The van der Waals surface area contributed by atoms with E-state index in [1.165, 1.54) is 0 Å². The Morgan fingerprint density at radius 2 is 1.69 bits per heavy atom. The Hall–Kier alpha value is -2.86. The van der Waals surface area contributed by atoms with E-state index in [9.17, 15) is 14.7 Å². The molecule has 3 rings (SSSR count). The smallest absolute Gasteiger partial charge is 0.325 e. The first-order valence-electron chi connectivity index (χ1n) is 9.83. The van der Waals surface area contributed by atoms with Gasteiger partial charge in [-0.15, -0.1) is 0 Å². The van der Waals surface area contributed by atoms with Crippen molar-refractivity contribution in [3.8, 4) is 5.75 Å². The van der Waals surface area contributed by atoms with Crippen molar-refractivity contribution < 1.29 is 19.4 Å². The third-order valence-corrected chi connectivity index (χ3v) is 5.29. The van der Waals surface area contributed by atoms with Crippen LogP contribution in [0.15, 0.2) is 48.5 Å². The number of aliphatic hydroxyl groups excluding tert-OH is 1. The molecule has 0 spiro atoms. The van der Waals surface area contributed by atoms with Crippen LogP contribution in [0.2, 0.25) is 0 Å². The van der Waals surface area contributed by atoms with Gasteiger partial charge in [-0.2, -0.15) is 0 Å². The van der Waals surface area contributed by atoms with Gasteiger partial charge in [-0.25, -0.2) is 4.79 Å². The molecule has 0 unspecified atom stereocenters. The van der Waals surface area contributed by atoms with Crippen molar-refractivity contribution >= 4 is 11.9 Å². The van der Waals surface area contributed by atoms with Crippen molar-refractivity contribution in [1.29, 1.82) is 0 Å². The molecule has 2 aromatic rings. The van der Waals surface area contributed by atoms with Crippen molar-refractivity contribution in [2.75, 3.05) is 13.2 Å². The number of amides is 3. The number of β-amino-alcohol motifs (C(OH)–C–C–N with tert-alkyl or cyclic N) is 1. The number of carbonyl (C=O) groups excluding carboxylic acids is 2. The quantitative estimate of drug-likeness (QED) is 0.704. The van der Waals surface area contributed by atoms with E-state index in [4.69, 9.17) is 4.74 Å². The van der Waals surface area contributed by atoms with Crippen molar-refractivity contribution in [3.63, 3.8) is 0 Å². The SMILES string of the molecule is Cc1ccc(OC[C@H](O)CN2C(=O)N[C@@](C)(c3ccc(C(C)C)cc3)C2=O)cc1. The summed E-state index contributed by atoms with van der Waals surface area (Å²) in [5, 5.41) is 13.1. The fourth-order valence-electron chi connectivity index (χ4n) is 3.35. The van der Waals surface area contributed by atoms with Crippen LogP contribution in [0.3, 0.4) is 0 Å². The van der Waals surface area contributed by atoms with Crippen molar-refractivity contribution in [2.24, 2.45) is 0 Å². The highest BCUT2D eigenvalue weighted by Gasteiger charge is 2.49. The summed E-state index contributed by atoms with van der Waals surface area (Å²) in [5.41, 5.74) is 1.84. The molecule has 1 fully saturated rings. The van der Waals surface area contributed by atoms with E-state index >= 15 is 0 Å². The van der Waals surface area contributed by atoms with Crippen LogP contribution >= 0.6 is 0 Å². The molecule has 29 heavy (non-hydrogen) atoms. The van der Waals surface area contributed by atoms with Gasteiger partial charge >= 0.3 is 6.03 Å². The van der Waals surface area contributed by atoms with Crippen LogP contribution < -0.4 is 10.1 Å². The van der Waals surface area contributed by atoms with Gasteiger partial charge in [0.05, 0.1) is 6.54 Å². The number of rotatable bonds is 7. The Balaban J connectivity index is 1.65. The average molecular weight is 396 g/mol. The number of nitrogens with one attached hydrogen (secondary N) is 1. The lowest BCUT2D eigenvalue weighted by molar-refractivity contribution is -0.132. The largest absolute Gasteiger partial charge is 0.491 e. The second-order valence-corrected chi connectivity index (χ2v) is 8.03. The van der Waals surface area contributed by atoms with Crippen molar-refractivity contribution in [1.82, 2.24) is 10.2 Å². The molecule has 0 radical (unpaired) electrons. The van der Waals surface area contributed by atoms with E-state index in [1.54, 1.807) is 6.92 Å². The number of carbonyl (C=O) groups is 2. The Morgan fingerprint density at radius 3 is 2.28 bits per heavy atom. The van der Waals surface area contributed by atoms with Gasteiger partial charge in [0.15, 0.2) is 0 Å². The zero-order valence-corrected chi connectivity index (χ0v) is 17.3. The lowest BCUT2D eigenvalue weighted by Crippen LogP contribution is -2.42. The standard InChI is InChI=1S/C23H28N2O4/c1-15(2)17-7-9-18(10-8-17)23(4)21(27)25(22(28)24-23)13-19(26)14-29-20-11-5-16(3)6-12-20/h5-12,15,19,26H,13-14H2,1-4H3,(H,24,28)/t19-,23+/m1/s1. The summed E-state index contributed by atoms with van der Waals surface area (Å²) in [5.74, 6) is 0.627. The van der Waals surface area contributed by atoms with E-state index in [-0.39, 0.29) is 19.1 Å². The van der Waals surface area contributed by atoms with Gasteiger partial charge in [0, 0.05) is 0 Å². The Labute approximate surface area is 171 Å². The third-order valence-electron chi connectivity index (χ3n) is 5.29. The van der Waals surface area contributed by atoms with Gasteiger partial charge in [-0.05, 0) is 43.0 Å². The van der Waals surface area contributed by atoms with Crippen LogP contribution in [0.25, 0.3) is 0 Å². The molecule has 3 amide bonds. The highest BCUT2D eigenvalue weighted by molar-refractivity contribution is 6.07. The zero-order valence-electron chi connectivity index (χ0n) is 17.3. The molecule has 6 nitrogen and oxygen atoms in total. The Morgan fingerprint density at radius 1 is 1.07 bits per heavy atom. The summed E-state index contributed by atoms with van der Waals surface area (Å²) in [4.78, 5) is 26.5. The predicted octanol–water partition coefficient (Wildman–Crippen LogP) is 3.33. The van der Waals surface area contributed by atoms with Gasteiger partial charge in [0.25, 0.3) is 5.91 Å². The maximum Gasteiger partial charge on any atom is 0.325 e. The number of aryl methyl sites for hydroxylation is 1. The summed E-state index contributed by atoms with van der Waals surface area (Å²) < 4.78 is 5.56. The molecule has 0 bridgehead atoms. The number of imide groups is 1. The molecule has 0 aliphatic carbocycles. The normalized spacial score (nSPS) is 20.1. The van der Waals surface area contributed by atoms with Crippen LogP contribution in [0.1, 0.15) is 43.4 Å². The van der Waals surface area contributed by atoms with E-state index < -0.39 is 17.7 Å². The zero-order chi connectivity index (χ0) is 21.2. The summed E-state index contributed by atoms with van der Waals surface area (Å²) in [6, 6.07) is 14.6. The van der Waals surface area contributed by atoms with Crippen molar-refractivity contribution in [3.05, 3.63) is 65.2 Å². The molecule has 1 saturated heterocycles. The van der Waals surface area contributed by atoms with Gasteiger partial charge in [-0.1, -0.05) is 55.8 Å². The summed E-state index contributed by atoms with van der Waals surface area (Å²) in [6.45, 7) is 7.72. The van der Waals surface area contributed by atoms with Gasteiger partial charge < -0.3 is 15.2 Å². The molecule has 1 heterocycles. The topological polar surface area (TPSA) is 78.9 Å². The minimum absolute atomic E-state index is 0.0140. The van der Waals surface area contributed by atoms with E-state index in [2.05, 4.69) is 19.2 Å². The molecule has 0 aromatic heterocycles. The summed E-state index contributed by atoms with van der Waals surface area (Å²) >= 11 is 0. The third kappa shape index (κ3) is 4.43.